The average molecular weight is 282 g/mol. The largest absolute Gasteiger partial charge is 0.366 e. The van der Waals surface area contributed by atoms with E-state index in [0.717, 1.165) is 19.5 Å². The van der Waals surface area contributed by atoms with E-state index in [0.29, 0.717) is 5.41 Å². The van der Waals surface area contributed by atoms with Gasteiger partial charge in [-0.2, -0.15) is 0 Å². The maximum atomic E-state index is 12.3. The summed E-state index contributed by atoms with van der Waals surface area (Å²) in [7, 11) is 2.19. The minimum atomic E-state index is -0.239. The molecule has 20 heavy (non-hydrogen) atoms. The molecule has 0 aromatic heterocycles. The Morgan fingerprint density at radius 1 is 1.15 bits per heavy atom. The summed E-state index contributed by atoms with van der Waals surface area (Å²) < 4.78 is 5.64. The van der Waals surface area contributed by atoms with Gasteiger partial charge in [0.25, 0.3) is 0 Å². The van der Waals surface area contributed by atoms with E-state index < -0.39 is 0 Å². The highest BCUT2D eigenvalue weighted by atomic mass is 16.5. The number of likely N-dealkylation sites (tertiary alicyclic amines) is 2. The van der Waals surface area contributed by atoms with E-state index in [1.807, 2.05) is 25.7 Å². The summed E-state index contributed by atoms with van der Waals surface area (Å²) in [4.78, 5) is 16.8. The summed E-state index contributed by atoms with van der Waals surface area (Å²) in [5, 5.41) is 0. The number of carbonyl (C=O) groups excluding carboxylic acids is 1. The van der Waals surface area contributed by atoms with Crippen LogP contribution in [0.5, 0.6) is 0 Å². The van der Waals surface area contributed by atoms with Crippen molar-refractivity contribution in [3.05, 3.63) is 0 Å². The lowest BCUT2D eigenvalue weighted by Crippen LogP contribution is -2.51. The van der Waals surface area contributed by atoms with E-state index in [1.165, 1.54) is 32.4 Å². The lowest BCUT2D eigenvalue weighted by Gasteiger charge is -2.47. The van der Waals surface area contributed by atoms with Gasteiger partial charge in [-0.05, 0) is 72.0 Å². The van der Waals surface area contributed by atoms with Crippen molar-refractivity contribution in [3.63, 3.8) is 0 Å². The molecule has 4 nitrogen and oxygen atoms in total. The monoisotopic (exact) mass is 282 g/mol. The first kappa shape index (κ1) is 15.8. The van der Waals surface area contributed by atoms with Gasteiger partial charge in [-0.3, -0.25) is 4.79 Å². The van der Waals surface area contributed by atoms with Gasteiger partial charge in [-0.15, -0.1) is 0 Å². The van der Waals surface area contributed by atoms with Crippen molar-refractivity contribution < 1.29 is 9.53 Å². The molecule has 0 bridgehead atoms. The van der Waals surface area contributed by atoms with Gasteiger partial charge >= 0.3 is 0 Å². The van der Waals surface area contributed by atoms with E-state index in [9.17, 15) is 4.79 Å². The van der Waals surface area contributed by atoms with E-state index in [-0.39, 0.29) is 18.1 Å². The van der Waals surface area contributed by atoms with Crippen LogP contribution in [0.2, 0.25) is 0 Å². The number of ether oxygens (including phenoxy) is 1. The number of hydrogen-bond donors (Lipinski definition) is 0. The first-order valence-electron chi connectivity index (χ1n) is 7.90. The molecule has 2 aliphatic heterocycles. The third kappa shape index (κ3) is 4.19. The number of amides is 1. The number of rotatable bonds is 2. The molecular formula is C16H30N2O2. The summed E-state index contributed by atoms with van der Waals surface area (Å²) in [5.41, 5.74) is 0.138. The third-order valence-corrected chi connectivity index (χ3v) is 4.69. The van der Waals surface area contributed by atoms with Crippen molar-refractivity contribution in [1.82, 2.24) is 9.80 Å². The summed E-state index contributed by atoms with van der Waals surface area (Å²) in [6.45, 7) is 10.4. The predicted octanol–water partition coefficient (Wildman–Crippen LogP) is 2.14. The van der Waals surface area contributed by atoms with E-state index >= 15 is 0 Å². The van der Waals surface area contributed by atoms with Crippen molar-refractivity contribution in [3.8, 4) is 0 Å². The fraction of sp³-hybridized carbons (Fsp3) is 0.938. The second-order valence-corrected chi connectivity index (χ2v) is 7.62. The van der Waals surface area contributed by atoms with Gasteiger partial charge in [0.05, 0.1) is 5.60 Å². The Kier molecular flexibility index (Phi) is 4.75. The molecule has 2 heterocycles. The Morgan fingerprint density at radius 3 is 2.40 bits per heavy atom. The van der Waals surface area contributed by atoms with Crippen molar-refractivity contribution in [2.45, 2.75) is 52.1 Å². The van der Waals surface area contributed by atoms with Crippen LogP contribution in [-0.2, 0) is 9.53 Å². The first-order chi connectivity index (χ1) is 9.30. The fourth-order valence-corrected chi connectivity index (χ4v) is 3.29. The van der Waals surface area contributed by atoms with Crippen LogP contribution < -0.4 is 0 Å². The normalized spacial score (nSPS) is 24.1. The zero-order valence-corrected chi connectivity index (χ0v) is 13.6. The SMILES string of the molecule is CN1CCC2(CCCN(C(=O)COC(C)(C)C)C2)CC1. The van der Waals surface area contributed by atoms with Gasteiger partial charge in [-0.1, -0.05) is 0 Å². The Morgan fingerprint density at radius 2 is 1.80 bits per heavy atom. The van der Waals surface area contributed by atoms with Gasteiger partial charge in [0.2, 0.25) is 5.91 Å². The minimum Gasteiger partial charge on any atom is -0.366 e. The molecule has 0 unspecified atom stereocenters. The topological polar surface area (TPSA) is 32.8 Å². The average Bonchev–Trinajstić information content (AvgIpc) is 2.39. The van der Waals surface area contributed by atoms with Crippen LogP contribution in [0.15, 0.2) is 0 Å². The molecule has 2 rings (SSSR count). The van der Waals surface area contributed by atoms with Crippen LogP contribution in [0.25, 0.3) is 0 Å². The molecule has 0 N–H and O–H groups in total. The Hall–Kier alpha value is -0.610. The van der Waals surface area contributed by atoms with Gasteiger partial charge < -0.3 is 14.5 Å². The summed E-state index contributed by atoms with van der Waals surface area (Å²) in [5.74, 6) is 0.165. The predicted molar refractivity (Wildman–Crippen MR) is 80.7 cm³/mol. The summed E-state index contributed by atoms with van der Waals surface area (Å²) in [6, 6.07) is 0. The molecule has 0 atom stereocenters. The second-order valence-electron chi connectivity index (χ2n) is 7.62. The fourth-order valence-electron chi connectivity index (χ4n) is 3.29. The molecule has 4 heteroatoms. The zero-order valence-electron chi connectivity index (χ0n) is 13.6. The first-order valence-corrected chi connectivity index (χ1v) is 7.90. The minimum absolute atomic E-state index is 0.165. The number of hydrogen-bond acceptors (Lipinski definition) is 3. The molecule has 116 valence electrons. The molecule has 0 saturated carbocycles. The molecule has 0 radical (unpaired) electrons. The number of nitrogens with zero attached hydrogens (tertiary/aromatic N) is 2. The highest BCUT2D eigenvalue weighted by Crippen LogP contribution is 2.39. The quantitative estimate of drug-likeness (QED) is 0.778. The van der Waals surface area contributed by atoms with E-state index in [1.54, 1.807) is 0 Å². The smallest absolute Gasteiger partial charge is 0.248 e. The molecule has 0 aromatic carbocycles. The molecule has 1 amide bonds. The maximum absolute atomic E-state index is 12.3. The number of carbonyl (C=O) groups is 1. The highest BCUT2D eigenvalue weighted by Gasteiger charge is 2.39. The van der Waals surface area contributed by atoms with Gasteiger partial charge in [0, 0.05) is 13.1 Å². The zero-order chi connectivity index (χ0) is 14.8. The van der Waals surface area contributed by atoms with Gasteiger partial charge in [-0.25, -0.2) is 0 Å². The molecular weight excluding hydrogens is 252 g/mol. The Balaban J connectivity index is 1.88. The van der Waals surface area contributed by atoms with E-state index in [2.05, 4.69) is 11.9 Å². The molecule has 2 saturated heterocycles. The van der Waals surface area contributed by atoms with Crippen molar-refractivity contribution >= 4 is 5.91 Å². The summed E-state index contributed by atoms with van der Waals surface area (Å²) in [6.07, 6.45) is 4.89. The lowest BCUT2D eigenvalue weighted by atomic mass is 9.72. The Bertz CT molecular complexity index is 341. The van der Waals surface area contributed by atoms with Crippen LogP contribution in [-0.4, -0.2) is 61.1 Å². The van der Waals surface area contributed by atoms with Crippen LogP contribution >= 0.6 is 0 Å². The van der Waals surface area contributed by atoms with Crippen LogP contribution in [0.3, 0.4) is 0 Å². The summed E-state index contributed by atoms with van der Waals surface area (Å²) >= 11 is 0. The third-order valence-electron chi connectivity index (χ3n) is 4.69. The van der Waals surface area contributed by atoms with Crippen molar-refractivity contribution in [1.29, 1.82) is 0 Å². The van der Waals surface area contributed by atoms with Crippen LogP contribution in [0.1, 0.15) is 46.5 Å². The molecule has 2 aliphatic rings. The standard InChI is InChI=1S/C16H30N2O2/c1-15(2,3)20-12-14(19)18-9-5-6-16(13-18)7-10-17(4)11-8-16/h5-13H2,1-4H3. The second kappa shape index (κ2) is 6.02. The number of piperidine rings is 2. The molecule has 2 fully saturated rings. The lowest BCUT2D eigenvalue weighted by molar-refractivity contribution is -0.145. The maximum Gasteiger partial charge on any atom is 0.248 e. The van der Waals surface area contributed by atoms with Crippen molar-refractivity contribution in [2.24, 2.45) is 5.41 Å². The van der Waals surface area contributed by atoms with Gasteiger partial charge in [0.15, 0.2) is 0 Å². The van der Waals surface area contributed by atoms with Crippen LogP contribution in [0.4, 0.5) is 0 Å². The highest BCUT2D eigenvalue weighted by molar-refractivity contribution is 5.77. The molecule has 0 aliphatic carbocycles. The van der Waals surface area contributed by atoms with E-state index in [4.69, 9.17) is 4.74 Å². The molecule has 1 spiro atoms. The molecule has 0 aromatic rings. The van der Waals surface area contributed by atoms with Gasteiger partial charge in [0.1, 0.15) is 6.61 Å². The Labute approximate surface area is 123 Å². The van der Waals surface area contributed by atoms with Crippen molar-refractivity contribution in [2.75, 3.05) is 39.8 Å². The van der Waals surface area contributed by atoms with Crippen LogP contribution in [0, 0.1) is 5.41 Å².